The number of anilines is 1. The van der Waals surface area contributed by atoms with Crippen molar-refractivity contribution in [3.05, 3.63) is 46.3 Å². The van der Waals surface area contributed by atoms with Crippen LogP contribution in [0, 0.1) is 11.2 Å². The van der Waals surface area contributed by atoms with E-state index < -0.39 is 5.82 Å². The molecule has 2 N–H and O–H groups in total. The van der Waals surface area contributed by atoms with Crippen LogP contribution < -0.4 is 19.5 Å². The van der Waals surface area contributed by atoms with Crippen LogP contribution >= 0.6 is 0 Å². The van der Waals surface area contributed by atoms with Gasteiger partial charge >= 0.3 is 0 Å². The first-order chi connectivity index (χ1) is 16.5. The molecule has 0 saturated heterocycles. The number of fused-ring (bicyclic) bond motifs is 2. The highest BCUT2D eigenvalue weighted by Gasteiger charge is 2.34. The summed E-state index contributed by atoms with van der Waals surface area (Å²) in [5.74, 6) is -0.463. The van der Waals surface area contributed by atoms with E-state index in [1.165, 1.54) is 4.90 Å². The number of halogens is 1. The van der Waals surface area contributed by atoms with Gasteiger partial charge in [0.2, 0.25) is 0 Å². The summed E-state index contributed by atoms with van der Waals surface area (Å²) in [5, 5.41) is 11.3. The zero-order chi connectivity index (χ0) is 25.5. The number of amidine groups is 1. The minimum Gasteiger partial charge on any atom is -0.490 e. The fourth-order valence-corrected chi connectivity index (χ4v) is 4.34. The molecule has 8 nitrogen and oxygen atoms in total. The highest BCUT2D eigenvalue weighted by atomic mass is 19.1. The molecule has 0 spiro atoms. The molecule has 2 heterocycles. The molecule has 2 aliphatic heterocycles. The first-order valence-corrected chi connectivity index (χ1v) is 11.6. The van der Waals surface area contributed by atoms with E-state index in [1.54, 1.807) is 32.0 Å². The zero-order valence-electron chi connectivity index (χ0n) is 20.6. The number of nitrogens with zero attached hydrogens (tertiary/aromatic N) is 1. The van der Waals surface area contributed by atoms with E-state index in [0.29, 0.717) is 29.2 Å². The Kier molecular flexibility index (Phi) is 6.44. The lowest BCUT2D eigenvalue weighted by Crippen LogP contribution is -2.31. The van der Waals surface area contributed by atoms with Crippen LogP contribution in [0.15, 0.2) is 18.2 Å². The molecule has 4 rings (SSSR count). The van der Waals surface area contributed by atoms with Crippen LogP contribution in [0.5, 0.6) is 17.2 Å². The maximum absolute atomic E-state index is 15.3. The largest absolute Gasteiger partial charge is 0.490 e. The minimum absolute atomic E-state index is 0.0220. The molecule has 0 aliphatic carbocycles. The van der Waals surface area contributed by atoms with Crippen molar-refractivity contribution in [2.24, 2.45) is 0 Å². The number of benzene rings is 2. The quantitative estimate of drug-likeness (QED) is 0.571. The second kappa shape index (κ2) is 9.20. The molecule has 0 saturated carbocycles. The Morgan fingerprint density at radius 1 is 1.20 bits per heavy atom. The van der Waals surface area contributed by atoms with Crippen LogP contribution in [0.3, 0.4) is 0 Å². The van der Waals surface area contributed by atoms with E-state index in [9.17, 15) is 9.59 Å². The van der Waals surface area contributed by atoms with Gasteiger partial charge in [-0.15, -0.1) is 0 Å². The first-order valence-electron chi connectivity index (χ1n) is 11.6. The van der Waals surface area contributed by atoms with Gasteiger partial charge in [0.05, 0.1) is 31.0 Å². The molecule has 0 radical (unpaired) electrons. The number of hydrogen-bond donors (Lipinski definition) is 2. The first kappa shape index (κ1) is 24.5. The summed E-state index contributed by atoms with van der Waals surface area (Å²) in [6.07, 6.45) is 0. The average molecular weight is 484 g/mol. The number of ether oxygens (including phenoxy) is 3. The molecule has 2 aliphatic rings. The van der Waals surface area contributed by atoms with E-state index in [1.807, 2.05) is 20.8 Å². The molecule has 0 fully saturated rings. The highest BCUT2D eigenvalue weighted by Crippen LogP contribution is 2.41. The lowest BCUT2D eigenvalue weighted by Gasteiger charge is -2.28. The van der Waals surface area contributed by atoms with Crippen molar-refractivity contribution in [1.82, 2.24) is 4.90 Å². The number of carbonyl (C=O) groups is 2. The van der Waals surface area contributed by atoms with Crippen LogP contribution in [0.25, 0.3) is 0 Å². The molecule has 0 bridgehead atoms. The van der Waals surface area contributed by atoms with Crippen LogP contribution in [-0.4, -0.2) is 48.8 Å². The number of amides is 1. The van der Waals surface area contributed by atoms with Gasteiger partial charge in [-0.25, -0.2) is 4.39 Å². The van der Waals surface area contributed by atoms with Gasteiger partial charge in [0.1, 0.15) is 11.6 Å². The summed E-state index contributed by atoms with van der Waals surface area (Å²) in [4.78, 5) is 26.7. The maximum atomic E-state index is 15.3. The van der Waals surface area contributed by atoms with Crippen LogP contribution in [0.2, 0.25) is 0 Å². The Balaban J connectivity index is 1.64. The summed E-state index contributed by atoms with van der Waals surface area (Å²) < 4.78 is 32.0. The summed E-state index contributed by atoms with van der Waals surface area (Å²) in [5.41, 5.74) is 1.97. The molecule has 186 valence electrons. The molecule has 2 aromatic carbocycles. The van der Waals surface area contributed by atoms with Gasteiger partial charge in [-0.2, -0.15) is 0 Å². The highest BCUT2D eigenvalue weighted by molar-refractivity contribution is 6.07. The monoisotopic (exact) mass is 483 g/mol. The molecule has 35 heavy (non-hydrogen) atoms. The van der Waals surface area contributed by atoms with Crippen molar-refractivity contribution < 1.29 is 28.2 Å². The van der Waals surface area contributed by atoms with E-state index in [4.69, 9.17) is 19.6 Å². The summed E-state index contributed by atoms with van der Waals surface area (Å²) in [6.45, 7) is 10.1. The van der Waals surface area contributed by atoms with Crippen molar-refractivity contribution in [2.45, 2.75) is 46.6 Å². The fourth-order valence-electron chi connectivity index (χ4n) is 4.34. The lowest BCUT2D eigenvalue weighted by atomic mass is 9.84. The minimum atomic E-state index is -0.656. The molecule has 9 heteroatoms. The van der Waals surface area contributed by atoms with Crippen molar-refractivity contribution >= 4 is 23.2 Å². The van der Waals surface area contributed by atoms with Crippen LogP contribution in [-0.2, 0) is 16.8 Å². The van der Waals surface area contributed by atoms with Gasteiger partial charge in [-0.1, -0.05) is 20.8 Å². The van der Waals surface area contributed by atoms with Gasteiger partial charge in [-0.05, 0) is 43.0 Å². The third-order valence-electron chi connectivity index (χ3n) is 5.95. The van der Waals surface area contributed by atoms with E-state index in [0.717, 1.165) is 5.56 Å². The smallest absolute Gasteiger partial charge is 0.262 e. The Morgan fingerprint density at radius 3 is 2.57 bits per heavy atom. The second-order valence-electron chi connectivity index (χ2n) is 9.53. The third kappa shape index (κ3) is 4.54. The molecule has 0 unspecified atom stereocenters. The Bertz CT molecular complexity index is 1220. The SMILES string of the molecule is CCOc1cc2c(c(F)c1OCC)C(=N)N(CC(=O)c1cc3c(c(C(C)(C)C)c1)OCC(=O)N3)C2. The van der Waals surface area contributed by atoms with Crippen LogP contribution in [0.1, 0.15) is 61.7 Å². The normalized spacial score (nSPS) is 14.7. The average Bonchev–Trinajstić information content (AvgIpc) is 3.09. The number of Topliss-reactive ketones (excluding diaryl/α,β-unsaturated/α-hetero) is 1. The van der Waals surface area contributed by atoms with E-state index >= 15 is 4.39 Å². The Morgan fingerprint density at radius 2 is 1.91 bits per heavy atom. The van der Waals surface area contributed by atoms with Crippen molar-refractivity contribution in [3.63, 3.8) is 0 Å². The van der Waals surface area contributed by atoms with Gasteiger partial charge in [0.25, 0.3) is 5.91 Å². The second-order valence-corrected chi connectivity index (χ2v) is 9.53. The zero-order valence-corrected chi connectivity index (χ0v) is 20.6. The topological polar surface area (TPSA) is 101 Å². The molecule has 0 atom stereocenters. The Labute approximate surface area is 203 Å². The number of carbonyl (C=O) groups excluding carboxylic acids is 2. The third-order valence-corrected chi connectivity index (χ3v) is 5.95. The predicted molar refractivity (Wildman–Crippen MR) is 130 cm³/mol. The Hall–Kier alpha value is -3.62. The number of nitrogens with one attached hydrogen (secondary N) is 2. The summed E-state index contributed by atoms with van der Waals surface area (Å²) in [7, 11) is 0. The van der Waals surface area contributed by atoms with E-state index in [-0.39, 0.29) is 66.3 Å². The molecular formula is C26H30FN3O5. The lowest BCUT2D eigenvalue weighted by molar-refractivity contribution is -0.118. The van der Waals surface area contributed by atoms with Gasteiger partial charge in [-0.3, -0.25) is 15.0 Å². The predicted octanol–water partition coefficient (Wildman–Crippen LogP) is 4.28. The standard InChI is InChI=1S/C26H30FN3O5/c1-6-33-19-10-15-11-30(25(28)21(15)22(27)24(19)34-7-2)12-18(31)14-8-16(26(3,4)5)23-17(9-14)29-20(32)13-35-23/h8-10,28H,6-7,11-13H2,1-5H3,(H,29,32). The van der Waals surface area contributed by atoms with Gasteiger partial charge in [0, 0.05) is 17.7 Å². The number of ketones is 1. The summed E-state index contributed by atoms with van der Waals surface area (Å²) in [6, 6.07) is 5.04. The number of rotatable bonds is 7. The van der Waals surface area contributed by atoms with Gasteiger partial charge in [0.15, 0.2) is 29.7 Å². The summed E-state index contributed by atoms with van der Waals surface area (Å²) >= 11 is 0. The van der Waals surface area contributed by atoms with Crippen molar-refractivity contribution in [1.29, 1.82) is 5.41 Å². The van der Waals surface area contributed by atoms with E-state index in [2.05, 4.69) is 5.32 Å². The molecular weight excluding hydrogens is 453 g/mol. The maximum Gasteiger partial charge on any atom is 0.262 e. The molecule has 1 amide bonds. The molecule has 2 aromatic rings. The fraction of sp³-hybridized carbons (Fsp3) is 0.423. The van der Waals surface area contributed by atoms with Gasteiger partial charge < -0.3 is 24.4 Å². The molecule has 0 aromatic heterocycles. The van der Waals surface area contributed by atoms with Crippen molar-refractivity contribution in [2.75, 3.05) is 31.7 Å². The van der Waals surface area contributed by atoms with Crippen molar-refractivity contribution in [3.8, 4) is 17.2 Å². The number of hydrogen-bond acceptors (Lipinski definition) is 6. The van der Waals surface area contributed by atoms with Crippen LogP contribution in [0.4, 0.5) is 10.1 Å².